The fourth-order valence-corrected chi connectivity index (χ4v) is 3.06. The van der Waals surface area contributed by atoms with Gasteiger partial charge in [0.25, 0.3) is 0 Å². The van der Waals surface area contributed by atoms with E-state index in [1.807, 2.05) is 0 Å². The third-order valence-corrected chi connectivity index (χ3v) is 4.34. The first-order chi connectivity index (χ1) is 11.5. The Morgan fingerprint density at radius 1 is 1.12 bits per heavy atom. The van der Waals surface area contributed by atoms with Gasteiger partial charge in [0, 0.05) is 57.9 Å². The Balaban J connectivity index is 0.00000576. The SMILES string of the molecule is CCNC(=NCCCN(C(C)C)C(C)C)NCCN1CCOCC1.I. The summed E-state index contributed by atoms with van der Waals surface area (Å²) in [6.45, 7) is 19.8. The standard InChI is InChI=1S/C18H39N5O.HI/c1-6-19-18(21-9-11-22-12-14-24-15-13-22)20-8-7-10-23(16(2)3)17(4)5;/h16-17H,6-15H2,1-5H3,(H2,19,20,21);1H. The summed E-state index contributed by atoms with van der Waals surface area (Å²) < 4.78 is 5.38. The van der Waals surface area contributed by atoms with Crippen LogP contribution in [-0.4, -0.2) is 86.9 Å². The highest BCUT2D eigenvalue weighted by atomic mass is 127. The number of rotatable bonds is 10. The number of ether oxygens (including phenoxy) is 1. The molecule has 1 heterocycles. The van der Waals surface area contributed by atoms with E-state index in [4.69, 9.17) is 9.73 Å². The zero-order valence-electron chi connectivity index (χ0n) is 16.9. The lowest BCUT2D eigenvalue weighted by Crippen LogP contribution is -2.44. The normalized spacial score (nSPS) is 16.4. The first-order valence-corrected chi connectivity index (χ1v) is 9.62. The Bertz CT molecular complexity index is 338. The average molecular weight is 469 g/mol. The summed E-state index contributed by atoms with van der Waals surface area (Å²) >= 11 is 0. The molecule has 0 radical (unpaired) electrons. The lowest BCUT2D eigenvalue weighted by Gasteiger charge is -2.30. The lowest BCUT2D eigenvalue weighted by molar-refractivity contribution is 0.0389. The number of morpholine rings is 1. The molecule has 0 saturated carbocycles. The van der Waals surface area contributed by atoms with Gasteiger partial charge in [-0.05, 0) is 41.0 Å². The van der Waals surface area contributed by atoms with Crippen LogP contribution in [0.25, 0.3) is 0 Å². The molecule has 0 bridgehead atoms. The molecule has 0 unspecified atom stereocenters. The van der Waals surface area contributed by atoms with Crippen LogP contribution in [0.5, 0.6) is 0 Å². The summed E-state index contributed by atoms with van der Waals surface area (Å²) in [5.41, 5.74) is 0. The first-order valence-electron chi connectivity index (χ1n) is 9.62. The third-order valence-electron chi connectivity index (χ3n) is 4.34. The summed E-state index contributed by atoms with van der Waals surface area (Å²) in [6.07, 6.45) is 1.09. The number of nitrogens with one attached hydrogen (secondary N) is 2. The van der Waals surface area contributed by atoms with E-state index in [9.17, 15) is 0 Å². The Morgan fingerprint density at radius 2 is 1.76 bits per heavy atom. The second-order valence-electron chi connectivity index (χ2n) is 6.92. The quantitative estimate of drug-likeness (QED) is 0.222. The molecule has 1 aliphatic rings. The molecule has 0 aromatic carbocycles. The largest absolute Gasteiger partial charge is 0.379 e. The van der Waals surface area contributed by atoms with E-state index < -0.39 is 0 Å². The van der Waals surface area contributed by atoms with Gasteiger partial charge in [-0.25, -0.2) is 0 Å². The minimum atomic E-state index is 0. The van der Waals surface area contributed by atoms with Gasteiger partial charge in [-0.3, -0.25) is 14.8 Å². The summed E-state index contributed by atoms with van der Waals surface area (Å²) in [5.74, 6) is 0.936. The molecule has 1 aliphatic heterocycles. The van der Waals surface area contributed by atoms with Crippen molar-refractivity contribution in [2.75, 3.05) is 59.0 Å². The molecule has 1 saturated heterocycles. The van der Waals surface area contributed by atoms with Crippen LogP contribution >= 0.6 is 24.0 Å². The minimum absolute atomic E-state index is 0. The van der Waals surface area contributed by atoms with E-state index in [1.165, 1.54) is 0 Å². The van der Waals surface area contributed by atoms with Gasteiger partial charge in [0.2, 0.25) is 0 Å². The molecule has 2 N–H and O–H groups in total. The van der Waals surface area contributed by atoms with Gasteiger partial charge in [0.15, 0.2) is 5.96 Å². The van der Waals surface area contributed by atoms with E-state index in [0.29, 0.717) is 12.1 Å². The summed E-state index contributed by atoms with van der Waals surface area (Å²) in [6, 6.07) is 1.18. The smallest absolute Gasteiger partial charge is 0.191 e. The van der Waals surface area contributed by atoms with Crippen molar-refractivity contribution in [2.24, 2.45) is 4.99 Å². The van der Waals surface area contributed by atoms with Crippen molar-refractivity contribution in [2.45, 2.75) is 53.1 Å². The number of halogens is 1. The maximum atomic E-state index is 5.38. The van der Waals surface area contributed by atoms with Crippen LogP contribution in [0.1, 0.15) is 41.0 Å². The minimum Gasteiger partial charge on any atom is -0.379 e. The maximum absolute atomic E-state index is 5.38. The van der Waals surface area contributed by atoms with Crippen LogP contribution in [0.3, 0.4) is 0 Å². The van der Waals surface area contributed by atoms with Crippen molar-refractivity contribution < 1.29 is 4.74 Å². The molecule has 7 heteroatoms. The monoisotopic (exact) mass is 469 g/mol. The van der Waals surface area contributed by atoms with Crippen LogP contribution < -0.4 is 10.6 Å². The zero-order chi connectivity index (χ0) is 17.8. The van der Waals surface area contributed by atoms with Gasteiger partial charge in [0.05, 0.1) is 13.2 Å². The first kappa shape index (κ1) is 24.9. The van der Waals surface area contributed by atoms with Crippen LogP contribution in [0.2, 0.25) is 0 Å². The fourth-order valence-electron chi connectivity index (χ4n) is 3.06. The van der Waals surface area contributed by atoms with Gasteiger partial charge >= 0.3 is 0 Å². The molecule has 1 fully saturated rings. The van der Waals surface area contributed by atoms with Crippen LogP contribution in [-0.2, 0) is 4.74 Å². The van der Waals surface area contributed by atoms with E-state index >= 15 is 0 Å². The maximum Gasteiger partial charge on any atom is 0.191 e. The van der Waals surface area contributed by atoms with Crippen molar-refractivity contribution in [1.29, 1.82) is 0 Å². The van der Waals surface area contributed by atoms with Crippen LogP contribution in [0.15, 0.2) is 4.99 Å². The highest BCUT2D eigenvalue weighted by Gasteiger charge is 2.12. The molecule has 0 aromatic heterocycles. The molecule has 0 aliphatic carbocycles. The second-order valence-corrected chi connectivity index (χ2v) is 6.92. The average Bonchev–Trinajstić information content (AvgIpc) is 2.54. The number of guanidine groups is 1. The highest BCUT2D eigenvalue weighted by molar-refractivity contribution is 14.0. The Hall–Kier alpha value is -0.120. The molecule has 0 aromatic rings. The predicted octanol–water partition coefficient (Wildman–Crippen LogP) is 2.00. The zero-order valence-corrected chi connectivity index (χ0v) is 19.2. The van der Waals surface area contributed by atoms with E-state index in [2.05, 4.69) is 55.1 Å². The van der Waals surface area contributed by atoms with Crippen molar-refractivity contribution in [3.8, 4) is 0 Å². The third kappa shape index (κ3) is 11.2. The molecular formula is C18H40IN5O. The fraction of sp³-hybridized carbons (Fsp3) is 0.944. The van der Waals surface area contributed by atoms with Gasteiger partial charge < -0.3 is 15.4 Å². The van der Waals surface area contributed by atoms with E-state index in [0.717, 1.165) is 71.4 Å². The van der Waals surface area contributed by atoms with Crippen molar-refractivity contribution in [3.05, 3.63) is 0 Å². The molecule has 6 nitrogen and oxygen atoms in total. The van der Waals surface area contributed by atoms with Crippen molar-refractivity contribution >= 4 is 29.9 Å². The van der Waals surface area contributed by atoms with Crippen LogP contribution in [0.4, 0.5) is 0 Å². The van der Waals surface area contributed by atoms with Crippen LogP contribution in [0, 0.1) is 0 Å². The molecular weight excluding hydrogens is 429 g/mol. The summed E-state index contributed by atoms with van der Waals surface area (Å²) in [5, 5.41) is 6.78. The Kier molecular flexibility index (Phi) is 14.9. The van der Waals surface area contributed by atoms with E-state index in [-0.39, 0.29) is 24.0 Å². The highest BCUT2D eigenvalue weighted by Crippen LogP contribution is 2.05. The Labute approximate surface area is 172 Å². The number of hydrogen-bond donors (Lipinski definition) is 2. The second kappa shape index (κ2) is 15.0. The van der Waals surface area contributed by atoms with Gasteiger partial charge in [-0.15, -0.1) is 24.0 Å². The van der Waals surface area contributed by atoms with Crippen molar-refractivity contribution in [1.82, 2.24) is 20.4 Å². The summed E-state index contributed by atoms with van der Waals surface area (Å²) in [7, 11) is 0. The molecule has 1 rings (SSSR count). The topological polar surface area (TPSA) is 52.1 Å². The van der Waals surface area contributed by atoms with Gasteiger partial charge in [-0.1, -0.05) is 0 Å². The predicted molar refractivity (Wildman–Crippen MR) is 118 cm³/mol. The molecule has 0 amide bonds. The summed E-state index contributed by atoms with van der Waals surface area (Å²) in [4.78, 5) is 9.67. The number of nitrogens with zero attached hydrogens (tertiary/aromatic N) is 3. The molecule has 150 valence electrons. The number of aliphatic imine (C=N–C) groups is 1. The van der Waals surface area contributed by atoms with E-state index in [1.54, 1.807) is 0 Å². The molecule has 0 atom stereocenters. The lowest BCUT2D eigenvalue weighted by atomic mass is 10.2. The van der Waals surface area contributed by atoms with Gasteiger partial charge in [0.1, 0.15) is 0 Å². The number of hydrogen-bond acceptors (Lipinski definition) is 4. The Morgan fingerprint density at radius 3 is 2.32 bits per heavy atom. The van der Waals surface area contributed by atoms with Gasteiger partial charge in [-0.2, -0.15) is 0 Å². The van der Waals surface area contributed by atoms with Crippen molar-refractivity contribution in [3.63, 3.8) is 0 Å². The molecule has 0 spiro atoms. The molecule has 25 heavy (non-hydrogen) atoms.